The fourth-order valence-corrected chi connectivity index (χ4v) is 4.56. The molecule has 37 heavy (non-hydrogen) atoms. The average Bonchev–Trinajstić information content (AvgIpc) is 3.23. The largest absolute Gasteiger partial charge is 0.404 e. The van der Waals surface area contributed by atoms with Crippen molar-refractivity contribution in [1.29, 1.82) is 0 Å². The van der Waals surface area contributed by atoms with Crippen LogP contribution < -0.4 is 5.73 Å². The number of hydrogen-bond acceptors (Lipinski definition) is 8. The number of nitrogens with zero attached hydrogens (tertiary/aromatic N) is 5. The summed E-state index contributed by atoms with van der Waals surface area (Å²) in [6.07, 6.45) is 0.662. The summed E-state index contributed by atoms with van der Waals surface area (Å²) in [5.41, 5.74) is 6.23. The topological polar surface area (TPSA) is 121 Å². The lowest BCUT2D eigenvalue weighted by atomic mass is 9.89. The van der Waals surface area contributed by atoms with Gasteiger partial charge in [-0.05, 0) is 46.6 Å². The van der Waals surface area contributed by atoms with E-state index in [9.17, 15) is 18.3 Å². The molecule has 0 radical (unpaired) electrons. The molecule has 0 bridgehead atoms. The lowest BCUT2D eigenvalue weighted by molar-refractivity contribution is -0.273. The first kappa shape index (κ1) is 25.8. The first-order chi connectivity index (χ1) is 17.7. The van der Waals surface area contributed by atoms with Crippen LogP contribution in [0.2, 0.25) is 5.02 Å². The first-order valence-corrected chi connectivity index (χ1v) is 12.1. The van der Waals surface area contributed by atoms with Gasteiger partial charge in [-0.15, -0.1) is 0 Å². The second-order valence-corrected chi connectivity index (χ2v) is 9.58. The SMILES string of the molecule is Cc1nc(C2OC3COC3C(N=CC(=CN)c3cc(F)c(F)c(F)c3)C2O)n(-c2cnc(Br)c(Cl)c2)n1. The molecule has 4 heterocycles. The second kappa shape index (κ2) is 10.1. The van der Waals surface area contributed by atoms with Crippen LogP contribution in [-0.2, 0) is 9.47 Å². The number of hydrogen-bond donors (Lipinski definition) is 2. The molecular formula is C23H19BrClF3N6O3. The molecule has 3 N–H and O–H groups in total. The number of aliphatic hydroxyl groups excluding tert-OH is 1. The number of aliphatic imine (C=N–C) groups is 1. The molecule has 5 rings (SSSR count). The smallest absolute Gasteiger partial charge is 0.194 e. The van der Waals surface area contributed by atoms with Crippen molar-refractivity contribution in [2.75, 3.05) is 6.61 Å². The van der Waals surface area contributed by atoms with Crippen LogP contribution in [0.4, 0.5) is 13.2 Å². The molecule has 2 saturated heterocycles. The van der Waals surface area contributed by atoms with Gasteiger partial charge in [-0.3, -0.25) is 4.99 Å². The number of aromatic nitrogens is 4. The fourth-order valence-electron chi connectivity index (χ4n) is 4.18. The third-order valence-corrected chi connectivity index (χ3v) is 7.19. The van der Waals surface area contributed by atoms with E-state index in [1.165, 1.54) is 17.1 Å². The summed E-state index contributed by atoms with van der Waals surface area (Å²) in [4.78, 5) is 13.1. The normalized spacial score (nSPS) is 25.8. The third kappa shape index (κ3) is 4.77. The lowest BCUT2D eigenvalue weighted by Gasteiger charge is -2.48. The van der Waals surface area contributed by atoms with E-state index in [-0.39, 0.29) is 17.7 Å². The van der Waals surface area contributed by atoms with Gasteiger partial charge < -0.3 is 20.3 Å². The Morgan fingerprint density at radius 3 is 2.65 bits per heavy atom. The van der Waals surface area contributed by atoms with Crippen LogP contribution in [0, 0.1) is 24.4 Å². The van der Waals surface area contributed by atoms with E-state index in [0.717, 1.165) is 18.3 Å². The number of allylic oxidation sites excluding steroid dienone is 1. The molecule has 194 valence electrons. The molecule has 5 atom stereocenters. The van der Waals surface area contributed by atoms with Crippen molar-refractivity contribution >= 4 is 39.3 Å². The maximum absolute atomic E-state index is 13.7. The van der Waals surface area contributed by atoms with E-state index in [1.54, 1.807) is 13.0 Å². The van der Waals surface area contributed by atoms with E-state index < -0.39 is 47.9 Å². The number of nitrogens with two attached hydrogens (primary N) is 1. The number of rotatable bonds is 5. The Bertz CT molecular complexity index is 1400. The molecule has 0 saturated carbocycles. The number of pyridine rings is 1. The summed E-state index contributed by atoms with van der Waals surface area (Å²) in [6.45, 7) is 1.96. The van der Waals surface area contributed by atoms with Crippen LogP contribution in [-0.4, -0.2) is 62.0 Å². The second-order valence-electron chi connectivity index (χ2n) is 8.42. The Hall–Kier alpha value is -2.84. The quantitative estimate of drug-likeness (QED) is 0.262. The van der Waals surface area contributed by atoms with E-state index in [2.05, 4.69) is 36.0 Å². The highest BCUT2D eigenvalue weighted by atomic mass is 79.9. The van der Waals surface area contributed by atoms with Crippen molar-refractivity contribution in [3.05, 3.63) is 74.9 Å². The number of halogens is 5. The molecule has 0 spiro atoms. The Kier molecular flexibility index (Phi) is 7.07. The van der Waals surface area contributed by atoms with Gasteiger partial charge >= 0.3 is 0 Å². The summed E-state index contributed by atoms with van der Waals surface area (Å²) in [7, 11) is 0. The Morgan fingerprint density at radius 2 is 2.03 bits per heavy atom. The van der Waals surface area contributed by atoms with Crippen molar-refractivity contribution in [3.63, 3.8) is 0 Å². The van der Waals surface area contributed by atoms with Crippen LogP contribution in [0.1, 0.15) is 23.3 Å². The van der Waals surface area contributed by atoms with Gasteiger partial charge in [0.25, 0.3) is 0 Å². The maximum atomic E-state index is 13.7. The predicted octanol–water partition coefficient (Wildman–Crippen LogP) is 3.44. The summed E-state index contributed by atoms with van der Waals surface area (Å²) in [5, 5.41) is 16.1. The molecule has 0 amide bonds. The zero-order valence-electron chi connectivity index (χ0n) is 19.0. The van der Waals surface area contributed by atoms with E-state index in [4.69, 9.17) is 26.8 Å². The van der Waals surface area contributed by atoms with Crippen LogP contribution >= 0.6 is 27.5 Å². The van der Waals surface area contributed by atoms with Gasteiger partial charge in [0.1, 0.15) is 40.9 Å². The molecular weight excluding hydrogens is 581 g/mol. The predicted molar refractivity (Wildman–Crippen MR) is 131 cm³/mol. The first-order valence-electron chi connectivity index (χ1n) is 11.0. The van der Waals surface area contributed by atoms with Crippen LogP contribution in [0.25, 0.3) is 11.3 Å². The minimum atomic E-state index is -1.59. The maximum Gasteiger partial charge on any atom is 0.194 e. The molecule has 2 aliphatic heterocycles. The van der Waals surface area contributed by atoms with Gasteiger partial charge in [-0.2, -0.15) is 5.10 Å². The minimum Gasteiger partial charge on any atom is -0.404 e. The Labute approximate surface area is 221 Å². The molecule has 9 nitrogen and oxygen atoms in total. The van der Waals surface area contributed by atoms with Gasteiger partial charge in [0.15, 0.2) is 23.3 Å². The summed E-state index contributed by atoms with van der Waals surface area (Å²) in [5.74, 6) is -3.60. The molecule has 2 aromatic heterocycles. The number of aryl methyl sites for hydroxylation is 1. The van der Waals surface area contributed by atoms with E-state index >= 15 is 0 Å². The van der Waals surface area contributed by atoms with Crippen molar-refractivity contribution in [2.45, 2.75) is 37.4 Å². The lowest BCUT2D eigenvalue weighted by Crippen LogP contribution is -2.62. The van der Waals surface area contributed by atoms with Crippen LogP contribution in [0.15, 0.2) is 40.2 Å². The molecule has 3 aromatic rings. The Balaban J connectivity index is 1.47. The molecule has 5 unspecified atom stereocenters. The van der Waals surface area contributed by atoms with Crippen molar-refractivity contribution in [3.8, 4) is 5.69 Å². The highest BCUT2D eigenvalue weighted by Crippen LogP contribution is 2.39. The summed E-state index contributed by atoms with van der Waals surface area (Å²) >= 11 is 9.45. The van der Waals surface area contributed by atoms with E-state index in [1.807, 2.05) is 0 Å². The highest BCUT2D eigenvalue weighted by Gasteiger charge is 2.52. The van der Waals surface area contributed by atoms with Crippen molar-refractivity contribution < 1.29 is 27.8 Å². The number of fused-ring (bicyclic) bond motifs is 1. The molecule has 1 aromatic carbocycles. The monoisotopic (exact) mass is 598 g/mol. The molecule has 2 aliphatic rings. The minimum absolute atomic E-state index is 0.0261. The van der Waals surface area contributed by atoms with E-state index in [0.29, 0.717) is 27.0 Å². The van der Waals surface area contributed by atoms with Crippen LogP contribution in [0.3, 0.4) is 0 Å². The third-order valence-electron chi connectivity index (χ3n) is 6.04. The van der Waals surface area contributed by atoms with Crippen molar-refractivity contribution in [2.24, 2.45) is 10.7 Å². The molecule has 14 heteroatoms. The summed E-state index contributed by atoms with van der Waals surface area (Å²) in [6, 6.07) is 2.39. The molecule has 0 aliphatic carbocycles. The van der Waals surface area contributed by atoms with Crippen molar-refractivity contribution in [1.82, 2.24) is 19.7 Å². The van der Waals surface area contributed by atoms with Gasteiger partial charge in [0.05, 0.1) is 23.5 Å². The highest BCUT2D eigenvalue weighted by molar-refractivity contribution is 9.10. The van der Waals surface area contributed by atoms with Gasteiger partial charge in [-0.1, -0.05) is 11.6 Å². The average molecular weight is 600 g/mol. The van der Waals surface area contributed by atoms with Crippen LogP contribution in [0.5, 0.6) is 0 Å². The number of benzene rings is 1. The standard InChI is InChI=1S/C23H19BrClF3N6O3/c1-9-32-23(34(33-9)12-4-13(25)22(24)31-7-12)21-19(35)18(20-16(37-21)8-36-20)30-6-11(5-29)10-2-14(26)17(28)15(27)3-10/h2-7,16,18-21,35H,8,29H2,1H3. The number of aliphatic hydroxyl groups is 1. The summed E-state index contributed by atoms with van der Waals surface area (Å²) < 4.78 is 54.5. The van der Waals surface area contributed by atoms with Gasteiger partial charge in [0, 0.05) is 18.0 Å². The fraction of sp³-hybridized carbons (Fsp3) is 0.304. The zero-order valence-corrected chi connectivity index (χ0v) is 21.4. The number of ether oxygens (including phenoxy) is 2. The zero-order chi connectivity index (χ0) is 26.4. The Morgan fingerprint density at radius 1 is 1.30 bits per heavy atom. The van der Waals surface area contributed by atoms with Gasteiger partial charge in [0.2, 0.25) is 0 Å². The van der Waals surface area contributed by atoms with Gasteiger partial charge in [-0.25, -0.2) is 27.8 Å². The molecule has 2 fully saturated rings.